The van der Waals surface area contributed by atoms with Crippen molar-refractivity contribution >= 4 is 0 Å². The van der Waals surface area contributed by atoms with Crippen molar-refractivity contribution in [3.63, 3.8) is 0 Å². The Morgan fingerprint density at radius 3 is 2.14 bits per heavy atom. The van der Waals surface area contributed by atoms with E-state index in [1.54, 1.807) is 7.11 Å². The standard InChI is InChI=1S/C11H25NO2/c1-5-6-11(13,9-12)8-7-10(2,3)14-4/h13H,5-9,12H2,1-4H3. The molecule has 0 aromatic heterocycles. The van der Waals surface area contributed by atoms with Crippen molar-refractivity contribution in [3.8, 4) is 0 Å². The lowest BCUT2D eigenvalue weighted by Crippen LogP contribution is -2.39. The van der Waals surface area contributed by atoms with Crippen LogP contribution in [0.15, 0.2) is 0 Å². The van der Waals surface area contributed by atoms with Crippen molar-refractivity contribution in [2.45, 2.75) is 57.7 Å². The summed E-state index contributed by atoms with van der Waals surface area (Å²) in [7, 11) is 1.70. The monoisotopic (exact) mass is 203 g/mol. The fourth-order valence-electron chi connectivity index (χ4n) is 1.43. The predicted octanol–water partition coefficient (Wildman–Crippen LogP) is 1.68. The van der Waals surface area contributed by atoms with Crippen molar-refractivity contribution in [3.05, 3.63) is 0 Å². The van der Waals surface area contributed by atoms with Crippen LogP contribution < -0.4 is 5.73 Å². The van der Waals surface area contributed by atoms with E-state index in [-0.39, 0.29) is 5.60 Å². The Morgan fingerprint density at radius 2 is 1.79 bits per heavy atom. The number of ether oxygens (including phenoxy) is 1. The maximum atomic E-state index is 10.1. The normalized spacial score (nSPS) is 16.7. The summed E-state index contributed by atoms with van der Waals surface area (Å²) in [5, 5.41) is 10.1. The van der Waals surface area contributed by atoms with Crippen LogP contribution in [0, 0.1) is 0 Å². The van der Waals surface area contributed by atoms with Crippen molar-refractivity contribution in [2.75, 3.05) is 13.7 Å². The van der Waals surface area contributed by atoms with Gasteiger partial charge in [0.1, 0.15) is 0 Å². The van der Waals surface area contributed by atoms with Crippen LogP contribution in [0.4, 0.5) is 0 Å². The molecule has 86 valence electrons. The molecule has 3 N–H and O–H groups in total. The van der Waals surface area contributed by atoms with E-state index in [4.69, 9.17) is 10.5 Å². The van der Waals surface area contributed by atoms with E-state index in [9.17, 15) is 5.11 Å². The van der Waals surface area contributed by atoms with Crippen LogP contribution in [0.3, 0.4) is 0 Å². The summed E-state index contributed by atoms with van der Waals surface area (Å²) < 4.78 is 5.30. The molecule has 0 aliphatic heterocycles. The highest BCUT2D eigenvalue weighted by atomic mass is 16.5. The van der Waals surface area contributed by atoms with Gasteiger partial charge in [-0.1, -0.05) is 13.3 Å². The molecule has 0 aliphatic carbocycles. The highest BCUT2D eigenvalue weighted by Gasteiger charge is 2.27. The fraction of sp³-hybridized carbons (Fsp3) is 1.00. The molecule has 0 radical (unpaired) electrons. The second-order valence-corrected chi connectivity index (χ2v) is 4.64. The molecule has 0 aromatic carbocycles. The molecular formula is C11H25NO2. The summed E-state index contributed by atoms with van der Waals surface area (Å²) in [6.45, 7) is 6.44. The van der Waals surface area contributed by atoms with Gasteiger partial charge in [0.2, 0.25) is 0 Å². The summed E-state index contributed by atoms with van der Waals surface area (Å²) in [6, 6.07) is 0. The molecule has 3 heteroatoms. The number of hydrogen-bond donors (Lipinski definition) is 2. The van der Waals surface area contributed by atoms with E-state index in [0.29, 0.717) is 13.0 Å². The summed E-state index contributed by atoms with van der Waals surface area (Å²) >= 11 is 0. The lowest BCUT2D eigenvalue weighted by molar-refractivity contribution is -0.0260. The van der Waals surface area contributed by atoms with Crippen molar-refractivity contribution < 1.29 is 9.84 Å². The Kier molecular flexibility index (Phi) is 5.64. The molecule has 0 heterocycles. The van der Waals surface area contributed by atoms with E-state index < -0.39 is 5.60 Å². The van der Waals surface area contributed by atoms with E-state index in [1.807, 2.05) is 13.8 Å². The molecule has 0 saturated carbocycles. The van der Waals surface area contributed by atoms with Gasteiger partial charge < -0.3 is 15.6 Å². The lowest BCUT2D eigenvalue weighted by atomic mass is 9.88. The maximum absolute atomic E-state index is 10.1. The highest BCUT2D eigenvalue weighted by molar-refractivity contribution is 4.82. The van der Waals surface area contributed by atoms with Crippen LogP contribution in [-0.2, 0) is 4.74 Å². The smallest absolute Gasteiger partial charge is 0.0770 e. The van der Waals surface area contributed by atoms with Gasteiger partial charge in [-0.2, -0.15) is 0 Å². The summed E-state index contributed by atoms with van der Waals surface area (Å²) in [6.07, 6.45) is 3.26. The summed E-state index contributed by atoms with van der Waals surface area (Å²) in [4.78, 5) is 0. The summed E-state index contributed by atoms with van der Waals surface area (Å²) in [5.74, 6) is 0. The van der Waals surface area contributed by atoms with Crippen molar-refractivity contribution in [2.24, 2.45) is 5.73 Å². The second-order valence-electron chi connectivity index (χ2n) is 4.64. The Morgan fingerprint density at radius 1 is 1.21 bits per heavy atom. The fourth-order valence-corrected chi connectivity index (χ4v) is 1.43. The minimum Gasteiger partial charge on any atom is -0.389 e. The predicted molar refractivity (Wildman–Crippen MR) is 59.2 cm³/mol. The van der Waals surface area contributed by atoms with Crippen LogP contribution in [0.5, 0.6) is 0 Å². The van der Waals surface area contributed by atoms with Crippen molar-refractivity contribution in [1.29, 1.82) is 0 Å². The average Bonchev–Trinajstić information content (AvgIpc) is 2.16. The van der Waals surface area contributed by atoms with E-state index in [2.05, 4.69) is 6.92 Å². The molecule has 3 nitrogen and oxygen atoms in total. The Bertz CT molecular complexity index is 159. The molecule has 0 bridgehead atoms. The van der Waals surface area contributed by atoms with Gasteiger partial charge in [0.25, 0.3) is 0 Å². The molecule has 1 atom stereocenters. The SMILES string of the molecule is CCCC(O)(CN)CCC(C)(C)OC. The van der Waals surface area contributed by atoms with Crippen molar-refractivity contribution in [1.82, 2.24) is 0 Å². The van der Waals surface area contributed by atoms with Crippen LogP contribution in [0.1, 0.15) is 46.5 Å². The van der Waals surface area contributed by atoms with Gasteiger partial charge in [-0.15, -0.1) is 0 Å². The zero-order chi connectivity index (χ0) is 11.2. The number of methoxy groups -OCH3 is 1. The molecule has 0 amide bonds. The Balaban J connectivity index is 4.06. The Hall–Kier alpha value is -0.120. The molecule has 0 saturated heterocycles. The van der Waals surface area contributed by atoms with Gasteiger partial charge >= 0.3 is 0 Å². The first-order valence-electron chi connectivity index (χ1n) is 5.37. The van der Waals surface area contributed by atoms with Gasteiger partial charge in [-0.05, 0) is 33.1 Å². The third-order valence-electron chi connectivity index (χ3n) is 2.84. The second kappa shape index (κ2) is 5.69. The molecule has 0 aromatic rings. The first kappa shape index (κ1) is 13.9. The molecule has 1 unspecified atom stereocenters. The molecule has 0 rings (SSSR count). The average molecular weight is 203 g/mol. The number of aliphatic hydroxyl groups is 1. The molecular weight excluding hydrogens is 178 g/mol. The van der Waals surface area contributed by atoms with Gasteiger partial charge in [0, 0.05) is 13.7 Å². The van der Waals surface area contributed by atoms with Gasteiger partial charge in [-0.25, -0.2) is 0 Å². The first-order chi connectivity index (χ1) is 6.39. The molecule has 14 heavy (non-hydrogen) atoms. The number of rotatable bonds is 7. The summed E-state index contributed by atoms with van der Waals surface area (Å²) in [5.41, 5.74) is 4.70. The minimum absolute atomic E-state index is 0.170. The number of hydrogen-bond acceptors (Lipinski definition) is 3. The molecule has 0 spiro atoms. The van der Waals surface area contributed by atoms with E-state index in [0.717, 1.165) is 19.3 Å². The van der Waals surface area contributed by atoms with Crippen LogP contribution in [0.25, 0.3) is 0 Å². The molecule has 0 aliphatic rings. The number of nitrogens with two attached hydrogens (primary N) is 1. The Labute approximate surface area is 87.6 Å². The van der Waals surface area contributed by atoms with Gasteiger partial charge in [-0.3, -0.25) is 0 Å². The quantitative estimate of drug-likeness (QED) is 0.662. The third kappa shape index (κ3) is 4.94. The lowest BCUT2D eigenvalue weighted by Gasteiger charge is -2.31. The topological polar surface area (TPSA) is 55.5 Å². The zero-order valence-corrected chi connectivity index (χ0v) is 9.97. The van der Waals surface area contributed by atoms with Gasteiger partial charge in [0.05, 0.1) is 11.2 Å². The zero-order valence-electron chi connectivity index (χ0n) is 9.97. The van der Waals surface area contributed by atoms with Crippen LogP contribution >= 0.6 is 0 Å². The first-order valence-corrected chi connectivity index (χ1v) is 5.37. The van der Waals surface area contributed by atoms with Crippen LogP contribution in [-0.4, -0.2) is 30.0 Å². The van der Waals surface area contributed by atoms with E-state index >= 15 is 0 Å². The largest absolute Gasteiger partial charge is 0.389 e. The third-order valence-corrected chi connectivity index (χ3v) is 2.84. The molecule has 0 fully saturated rings. The van der Waals surface area contributed by atoms with Gasteiger partial charge in [0.15, 0.2) is 0 Å². The maximum Gasteiger partial charge on any atom is 0.0770 e. The van der Waals surface area contributed by atoms with Crippen LogP contribution in [0.2, 0.25) is 0 Å². The van der Waals surface area contributed by atoms with E-state index in [1.165, 1.54) is 0 Å². The highest BCUT2D eigenvalue weighted by Crippen LogP contribution is 2.24. The minimum atomic E-state index is -0.704.